The number of unbranched alkanes of at least 4 members (excludes halogenated alkanes) is 2. The third-order valence-corrected chi connectivity index (χ3v) is 7.07. The van der Waals surface area contributed by atoms with Gasteiger partial charge in [0.05, 0.1) is 11.1 Å². The van der Waals surface area contributed by atoms with Crippen LogP contribution in [0.2, 0.25) is 0 Å². The van der Waals surface area contributed by atoms with E-state index >= 15 is 0 Å². The van der Waals surface area contributed by atoms with Crippen molar-refractivity contribution in [2.45, 2.75) is 72.3 Å². The second-order valence-corrected chi connectivity index (χ2v) is 9.67. The highest BCUT2D eigenvalue weighted by atomic mass is 16.4. The molecule has 8 nitrogen and oxygen atoms in total. The molecular formula is C31H36N2O6. The molecule has 1 unspecified atom stereocenters. The number of amides is 2. The van der Waals surface area contributed by atoms with E-state index in [4.69, 9.17) is 0 Å². The van der Waals surface area contributed by atoms with Crippen molar-refractivity contribution < 1.29 is 29.4 Å². The SMILES string of the molecule is CCCCCC(CC)NC(=O)c1ccc(C(=O)Nc2c(C)cccc2CC)c2c(C(=O)O)ccc(C(=O)O)c12. The summed E-state index contributed by atoms with van der Waals surface area (Å²) in [5.74, 6) is -3.76. The Morgan fingerprint density at radius 3 is 1.85 bits per heavy atom. The summed E-state index contributed by atoms with van der Waals surface area (Å²) < 4.78 is 0. The summed E-state index contributed by atoms with van der Waals surface area (Å²) in [5.41, 5.74) is 1.83. The monoisotopic (exact) mass is 532 g/mol. The highest BCUT2D eigenvalue weighted by Gasteiger charge is 2.26. The number of nitrogens with one attached hydrogen (secondary N) is 2. The highest BCUT2D eigenvalue weighted by molar-refractivity contribution is 6.25. The molecule has 0 saturated carbocycles. The van der Waals surface area contributed by atoms with E-state index in [1.54, 1.807) is 0 Å². The zero-order valence-corrected chi connectivity index (χ0v) is 22.9. The number of carboxylic acid groups (broad SMARTS) is 2. The number of hydrogen-bond acceptors (Lipinski definition) is 4. The number of hydrogen-bond donors (Lipinski definition) is 4. The Morgan fingerprint density at radius 2 is 1.33 bits per heavy atom. The van der Waals surface area contributed by atoms with Crippen molar-refractivity contribution in [1.29, 1.82) is 0 Å². The van der Waals surface area contributed by atoms with E-state index in [2.05, 4.69) is 17.6 Å². The van der Waals surface area contributed by atoms with Gasteiger partial charge in [0.2, 0.25) is 0 Å². The number of carbonyl (C=O) groups is 4. The number of aromatic carboxylic acids is 2. The Morgan fingerprint density at radius 1 is 0.769 bits per heavy atom. The predicted molar refractivity (Wildman–Crippen MR) is 152 cm³/mol. The summed E-state index contributed by atoms with van der Waals surface area (Å²) in [7, 11) is 0. The molecule has 3 rings (SSSR count). The van der Waals surface area contributed by atoms with Crippen molar-refractivity contribution in [2.24, 2.45) is 0 Å². The molecule has 39 heavy (non-hydrogen) atoms. The lowest BCUT2D eigenvalue weighted by Gasteiger charge is -2.20. The lowest BCUT2D eigenvalue weighted by Crippen LogP contribution is -2.34. The molecule has 0 saturated heterocycles. The molecule has 0 aliphatic carbocycles. The van der Waals surface area contributed by atoms with Crippen LogP contribution in [0.1, 0.15) is 105 Å². The standard InChI is InChI=1S/C31H36N2O6/c1-5-8-9-13-20(7-3)32-28(34)21-14-15-22(29(35)33-27-18(4)11-10-12-19(27)6-2)26-24(31(38)39)17-16-23(25(21)26)30(36)37/h10-12,14-17,20H,5-9,13H2,1-4H3,(H,32,34)(H,33,35)(H,36,37)(H,38,39). The Balaban J connectivity index is 2.20. The maximum absolute atomic E-state index is 13.6. The molecule has 0 fully saturated rings. The average Bonchev–Trinajstić information content (AvgIpc) is 2.91. The molecule has 2 amide bonds. The Kier molecular flexibility index (Phi) is 9.82. The summed E-state index contributed by atoms with van der Waals surface area (Å²) >= 11 is 0. The van der Waals surface area contributed by atoms with Crippen LogP contribution < -0.4 is 10.6 Å². The second-order valence-electron chi connectivity index (χ2n) is 9.67. The van der Waals surface area contributed by atoms with Crippen LogP contribution in [0.4, 0.5) is 5.69 Å². The number of fused-ring (bicyclic) bond motifs is 1. The third kappa shape index (κ3) is 6.45. The molecule has 3 aromatic carbocycles. The minimum atomic E-state index is -1.33. The van der Waals surface area contributed by atoms with E-state index in [1.807, 2.05) is 39.0 Å². The molecule has 8 heteroatoms. The van der Waals surface area contributed by atoms with Gasteiger partial charge in [-0.3, -0.25) is 9.59 Å². The van der Waals surface area contributed by atoms with Crippen LogP contribution in [0.25, 0.3) is 10.8 Å². The van der Waals surface area contributed by atoms with E-state index in [9.17, 15) is 29.4 Å². The van der Waals surface area contributed by atoms with Gasteiger partial charge in [-0.2, -0.15) is 0 Å². The Bertz CT molecular complexity index is 1410. The van der Waals surface area contributed by atoms with Gasteiger partial charge in [0.1, 0.15) is 0 Å². The molecule has 4 N–H and O–H groups in total. The van der Waals surface area contributed by atoms with Gasteiger partial charge < -0.3 is 20.8 Å². The quantitative estimate of drug-likeness (QED) is 0.198. The molecule has 1 atom stereocenters. The maximum Gasteiger partial charge on any atom is 0.336 e. The summed E-state index contributed by atoms with van der Waals surface area (Å²) in [6, 6.07) is 10.7. The molecule has 0 bridgehead atoms. The smallest absolute Gasteiger partial charge is 0.336 e. The topological polar surface area (TPSA) is 133 Å². The zero-order valence-electron chi connectivity index (χ0n) is 22.9. The summed E-state index contributed by atoms with van der Waals surface area (Å²) in [6.45, 7) is 7.87. The van der Waals surface area contributed by atoms with Crippen LogP contribution in [0, 0.1) is 6.92 Å². The fourth-order valence-corrected chi connectivity index (χ4v) is 4.90. The van der Waals surface area contributed by atoms with Crippen molar-refractivity contribution in [3.63, 3.8) is 0 Å². The van der Waals surface area contributed by atoms with E-state index in [1.165, 1.54) is 18.2 Å². The number of rotatable bonds is 12. The van der Waals surface area contributed by atoms with Crippen molar-refractivity contribution in [3.8, 4) is 0 Å². The molecule has 0 heterocycles. The Hall–Kier alpha value is -4.20. The van der Waals surface area contributed by atoms with E-state index < -0.39 is 23.8 Å². The van der Waals surface area contributed by atoms with Gasteiger partial charge in [0.25, 0.3) is 11.8 Å². The molecule has 0 aliphatic heterocycles. The molecule has 3 aromatic rings. The average molecular weight is 533 g/mol. The first kappa shape index (κ1) is 29.4. The lowest BCUT2D eigenvalue weighted by atomic mass is 9.90. The first-order chi connectivity index (χ1) is 18.6. The van der Waals surface area contributed by atoms with Gasteiger partial charge in [0, 0.05) is 33.6 Å². The number of aryl methyl sites for hydroxylation is 2. The fourth-order valence-electron chi connectivity index (χ4n) is 4.90. The highest BCUT2D eigenvalue weighted by Crippen LogP contribution is 2.32. The normalized spacial score (nSPS) is 11.7. The number of carboxylic acids is 2. The first-order valence-electron chi connectivity index (χ1n) is 13.4. The van der Waals surface area contributed by atoms with Gasteiger partial charge in [-0.25, -0.2) is 9.59 Å². The minimum Gasteiger partial charge on any atom is -0.478 e. The lowest BCUT2D eigenvalue weighted by molar-refractivity contribution is 0.0684. The number of para-hydroxylation sites is 1. The number of carbonyl (C=O) groups excluding carboxylic acids is 2. The summed E-state index contributed by atoms with van der Waals surface area (Å²) in [5, 5.41) is 25.7. The van der Waals surface area contributed by atoms with Gasteiger partial charge in [-0.1, -0.05) is 58.2 Å². The number of anilines is 1. The van der Waals surface area contributed by atoms with Crippen LogP contribution in [-0.2, 0) is 6.42 Å². The molecule has 0 aliphatic rings. The Labute approximate surface area is 228 Å². The largest absolute Gasteiger partial charge is 0.478 e. The van der Waals surface area contributed by atoms with Crippen LogP contribution in [-0.4, -0.2) is 40.0 Å². The second kappa shape index (κ2) is 13.0. The van der Waals surface area contributed by atoms with Crippen LogP contribution in [0.5, 0.6) is 0 Å². The van der Waals surface area contributed by atoms with Crippen molar-refractivity contribution in [3.05, 3.63) is 75.8 Å². The summed E-state index contributed by atoms with van der Waals surface area (Å²) in [6.07, 6.45) is 5.15. The fraction of sp³-hybridized carbons (Fsp3) is 0.355. The van der Waals surface area contributed by atoms with Crippen LogP contribution >= 0.6 is 0 Å². The van der Waals surface area contributed by atoms with E-state index in [-0.39, 0.29) is 39.1 Å². The third-order valence-electron chi connectivity index (χ3n) is 7.07. The molecule has 0 aromatic heterocycles. The first-order valence-corrected chi connectivity index (χ1v) is 13.4. The van der Waals surface area contributed by atoms with Crippen molar-refractivity contribution in [1.82, 2.24) is 5.32 Å². The molecule has 206 valence electrons. The summed E-state index contributed by atoms with van der Waals surface area (Å²) in [4.78, 5) is 51.6. The predicted octanol–water partition coefficient (Wildman–Crippen LogP) is 6.45. The van der Waals surface area contributed by atoms with E-state index in [0.29, 0.717) is 18.5 Å². The number of benzene rings is 3. The van der Waals surface area contributed by atoms with Gasteiger partial charge in [-0.05, 0) is 61.6 Å². The molecule has 0 radical (unpaired) electrons. The zero-order chi connectivity index (χ0) is 28.7. The molecular weight excluding hydrogens is 496 g/mol. The van der Waals surface area contributed by atoms with Crippen molar-refractivity contribution in [2.75, 3.05) is 5.32 Å². The molecule has 0 spiro atoms. The maximum atomic E-state index is 13.6. The van der Waals surface area contributed by atoms with Crippen LogP contribution in [0.15, 0.2) is 42.5 Å². The van der Waals surface area contributed by atoms with E-state index in [0.717, 1.165) is 42.9 Å². The van der Waals surface area contributed by atoms with Gasteiger partial charge in [0.15, 0.2) is 0 Å². The van der Waals surface area contributed by atoms with Crippen molar-refractivity contribution >= 4 is 40.2 Å². The van der Waals surface area contributed by atoms with Gasteiger partial charge in [-0.15, -0.1) is 0 Å². The van der Waals surface area contributed by atoms with Gasteiger partial charge >= 0.3 is 11.9 Å². The van der Waals surface area contributed by atoms with Crippen LogP contribution in [0.3, 0.4) is 0 Å². The minimum absolute atomic E-state index is 0.0149.